The molecule has 0 fully saturated rings. The predicted octanol–water partition coefficient (Wildman–Crippen LogP) is 4.33. The summed E-state index contributed by atoms with van der Waals surface area (Å²) in [5, 5.41) is 1.09. The second-order valence-corrected chi connectivity index (χ2v) is 6.44. The van der Waals surface area contributed by atoms with E-state index in [1.807, 2.05) is 28.8 Å². The Labute approximate surface area is 148 Å². The average Bonchev–Trinajstić information content (AvgIpc) is 3.27. The van der Waals surface area contributed by atoms with Crippen LogP contribution in [-0.4, -0.2) is 27.1 Å². The van der Waals surface area contributed by atoms with Gasteiger partial charge >= 0.3 is 5.97 Å². The van der Waals surface area contributed by atoms with E-state index in [0.29, 0.717) is 17.4 Å². The lowest BCUT2D eigenvalue weighted by molar-refractivity contribution is 0.0532. The number of para-hydroxylation sites is 1. The largest absolute Gasteiger partial charge is 0.462 e. The van der Waals surface area contributed by atoms with Crippen molar-refractivity contribution in [3.05, 3.63) is 65.8 Å². The van der Waals surface area contributed by atoms with Gasteiger partial charge in [0.25, 0.3) is 0 Å². The van der Waals surface area contributed by atoms with Gasteiger partial charge in [0.05, 0.1) is 22.7 Å². The van der Waals surface area contributed by atoms with Gasteiger partial charge < -0.3 is 4.74 Å². The van der Waals surface area contributed by atoms with Crippen molar-refractivity contribution in [3.63, 3.8) is 0 Å². The second kappa shape index (κ2) is 6.49. The van der Waals surface area contributed by atoms with Gasteiger partial charge in [-0.1, -0.05) is 18.2 Å². The molecule has 1 aromatic carbocycles. The van der Waals surface area contributed by atoms with Crippen LogP contribution in [0.3, 0.4) is 0 Å². The van der Waals surface area contributed by atoms with E-state index in [1.165, 1.54) is 11.3 Å². The fourth-order valence-electron chi connectivity index (χ4n) is 2.75. The molecule has 0 saturated heterocycles. The average molecular weight is 349 g/mol. The molecule has 0 unspecified atom stereocenters. The third-order valence-corrected chi connectivity index (χ3v) is 4.89. The zero-order chi connectivity index (χ0) is 17.2. The van der Waals surface area contributed by atoms with Gasteiger partial charge in [-0.3, -0.25) is 4.57 Å². The number of fused-ring (bicyclic) bond motifs is 1. The van der Waals surface area contributed by atoms with Gasteiger partial charge in [0.2, 0.25) is 5.95 Å². The molecule has 0 N–H and O–H groups in total. The van der Waals surface area contributed by atoms with Crippen molar-refractivity contribution in [1.29, 1.82) is 0 Å². The molecular weight excluding hydrogens is 334 g/mol. The molecule has 5 nitrogen and oxygen atoms in total. The van der Waals surface area contributed by atoms with Gasteiger partial charge in [-0.15, -0.1) is 11.3 Å². The van der Waals surface area contributed by atoms with Crippen molar-refractivity contribution in [2.45, 2.75) is 6.92 Å². The maximum absolute atomic E-state index is 12.0. The molecule has 0 aliphatic rings. The standard InChI is InChI=1S/C19H15N3O2S/c1-2-24-18(23)17-9-8-16(25-17)15-12-13-6-3-4-7-14(13)22(15)19-20-10-5-11-21-19/h3-12H,2H2,1H3. The third kappa shape index (κ3) is 2.81. The number of carbonyl (C=O) groups is 1. The van der Waals surface area contributed by atoms with Gasteiger partial charge in [-0.2, -0.15) is 0 Å². The summed E-state index contributed by atoms with van der Waals surface area (Å²) < 4.78 is 7.10. The fourth-order valence-corrected chi connectivity index (χ4v) is 3.65. The molecule has 0 bridgehead atoms. The number of benzene rings is 1. The molecule has 0 amide bonds. The number of rotatable bonds is 4. The van der Waals surface area contributed by atoms with Crippen LogP contribution in [0.2, 0.25) is 0 Å². The number of carbonyl (C=O) groups excluding carboxylic acids is 1. The zero-order valence-electron chi connectivity index (χ0n) is 13.5. The lowest BCUT2D eigenvalue weighted by Gasteiger charge is -2.07. The van der Waals surface area contributed by atoms with Crippen LogP contribution in [0.15, 0.2) is 60.9 Å². The van der Waals surface area contributed by atoms with E-state index in [9.17, 15) is 4.79 Å². The van der Waals surface area contributed by atoms with Gasteiger partial charge in [-0.25, -0.2) is 14.8 Å². The topological polar surface area (TPSA) is 57.0 Å². The van der Waals surface area contributed by atoms with Gasteiger partial charge in [0.15, 0.2) is 0 Å². The Morgan fingerprint density at radius 1 is 1.12 bits per heavy atom. The van der Waals surface area contributed by atoms with Crippen molar-refractivity contribution < 1.29 is 9.53 Å². The summed E-state index contributed by atoms with van der Waals surface area (Å²) in [6.45, 7) is 2.17. The summed E-state index contributed by atoms with van der Waals surface area (Å²) in [4.78, 5) is 22.3. The fraction of sp³-hybridized carbons (Fsp3) is 0.105. The van der Waals surface area contributed by atoms with E-state index < -0.39 is 0 Å². The zero-order valence-corrected chi connectivity index (χ0v) is 14.4. The normalized spacial score (nSPS) is 10.9. The lowest BCUT2D eigenvalue weighted by atomic mass is 10.2. The summed E-state index contributed by atoms with van der Waals surface area (Å²) >= 11 is 1.41. The maximum Gasteiger partial charge on any atom is 0.348 e. The summed E-state index contributed by atoms with van der Waals surface area (Å²) in [6, 6.07) is 15.7. The first-order valence-electron chi connectivity index (χ1n) is 7.93. The van der Waals surface area contributed by atoms with E-state index >= 15 is 0 Å². The van der Waals surface area contributed by atoms with E-state index in [1.54, 1.807) is 31.5 Å². The molecule has 0 aliphatic carbocycles. The Kier molecular flexibility index (Phi) is 4.03. The Bertz CT molecular complexity index is 1040. The van der Waals surface area contributed by atoms with Crippen molar-refractivity contribution in [2.75, 3.05) is 6.61 Å². The number of esters is 1. The number of ether oxygens (including phenoxy) is 1. The third-order valence-electron chi connectivity index (χ3n) is 3.80. The minimum absolute atomic E-state index is 0.294. The van der Waals surface area contributed by atoms with E-state index in [2.05, 4.69) is 22.1 Å². The van der Waals surface area contributed by atoms with Crippen LogP contribution >= 0.6 is 11.3 Å². The van der Waals surface area contributed by atoms with Crippen LogP contribution in [0.1, 0.15) is 16.6 Å². The van der Waals surface area contributed by atoms with Gasteiger partial charge in [0.1, 0.15) is 4.88 Å². The molecule has 124 valence electrons. The van der Waals surface area contributed by atoms with Crippen molar-refractivity contribution in [3.8, 4) is 16.5 Å². The Hall–Kier alpha value is -2.99. The Morgan fingerprint density at radius 3 is 2.72 bits per heavy atom. The first-order chi connectivity index (χ1) is 12.3. The number of thiophene rings is 1. The maximum atomic E-state index is 12.0. The summed E-state index contributed by atoms with van der Waals surface area (Å²) in [7, 11) is 0. The molecule has 3 aromatic heterocycles. The Morgan fingerprint density at radius 2 is 1.92 bits per heavy atom. The molecular formula is C19H15N3O2S. The number of hydrogen-bond acceptors (Lipinski definition) is 5. The van der Waals surface area contributed by atoms with Gasteiger partial charge in [-0.05, 0) is 37.3 Å². The molecule has 4 rings (SSSR count). The molecule has 3 heterocycles. The summed E-state index contributed by atoms with van der Waals surface area (Å²) in [6.07, 6.45) is 3.44. The lowest BCUT2D eigenvalue weighted by Crippen LogP contribution is -2.02. The number of aromatic nitrogens is 3. The molecule has 0 saturated carbocycles. The molecule has 0 spiro atoms. The van der Waals surface area contributed by atoms with E-state index in [0.717, 1.165) is 21.5 Å². The van der Waals surface area contributed by atoms with Crippen LogP contribution in [0.25, 0.3) is 27.4 Å². The highest BCUT2D eigenvalue weighted by Gasteiger charge is 2.17. The minimum atomic E-state index is -0.294. The smallest absolute Gasteiger partial charge is 0.348 e. The second-order valence-electron chi connectivity index (χ2n) is 5.36. The molecule has 0 atom stereocenters. The first-order valence-corrected chi connectivity index (χ1v) is 8.75. The SMILES string of the molecule is CCOC(=O)c1ccc(-c2cc3ccccc3n2-c2ncccn2)s1. The van der Waals surface area contributed by atoms with Crippen LogP contribution < -0.4 is 0 Å². The van der Waals surface area contributed by atoms with Crippen LogP contribution in [0.4, 0.5) is 0 Å². The molecule has 6 heteroatoms. The summed E-state index contributed by atoms with van der Waals surface area (Å²) in [5.41, 5.74) is 1.97. The monoisotopic (exact) mass is 349 g/mol. The number of nitrogens with zero attached hydrogens (tertiary/aromatic N) is 3. The highest BCUT2D eigenvalue weighted by molar-refractivity contribution is 7.17. The van der Waals surface area contributed by atoms with Crippen molar-refractivity contribution in [2.24, 2.45) is 0 Å². The number of hydrogen-bond donors (Lipinski definition) is 0. The molecule has 25 heavy (non-hydrogen) atoms. The summed E-state index contributed by atoms with van der Waals surface area (Å²) in [5.74, 6) is 0.308. The van der Waals surface area contributed by atoms with Crippen LogP contribution in [0, 0.1) is 0 Å². The van der Waals surface area contributed by atoms with E-state index in [4.69, 9.17) is 4.74 Å². The highest BCUT2D eigenvalue weighted by atomic mass is 32.1. The van der Waals surface area contributed by atoms with Crippen molar-refractivity contribution in [1.82, 2.24) is 14.5 Å². The van der Waals surface area contributed by atoms with Crippen LogP contribution in [-0.2, 0) is 4.74 Å². The van der Waals surface area contributed by atoms with Gasteiger partial charge in [0, 0.05) is 17.8 Å². The minimum Gasteiger partial charge on any atom is -0.462 e. The molecule has 0 radical (unpaired) electrons. The van der Waals surface area contributed by atoms with Crippen LogP contribution in [0.5, 0.6) is 0 Å². The predicted molar refractivity (Wildman–Crippen MR) is 98.1 cm³/mol. The molecule has 4 aromatic rings. The first kappa shape index (κ1) is 15.5. The highest BCUT2D eigenvalue weighted by Crippen LogP contribution is 2.34. The Balaban J connectivity index is 1.89. The van der Waals surface area contributed by atoms with E-state index in [-0.39, 0.29) is 5.97 Å². The molecule has 0 aliphatic heterocycles. The van der Waals surface area contributed by atoms with Crippen molar-refractivity contribution >= 4 is 28.2 Å². The quantitative estimate of drug-likeness (QED) is 0.515.